The summed E-state index contributed by atoms with van der Waals surface area (Å²) in [5.74, 6) is 4.06. The highest BCUT2D eigenvalue weighted by Gasteiger charge is 2.14. The number of halogens is 1. The molecular weight excluding hydrogens is 430 g/mol. The van der Waals surface area contributed by atoms with E-state index in [0.717, 1.165) is 22.2 Å². The highest BCUT2D eigenvalue weighted by atomic mass is 79.9. The fourth-order valence-electron chi connectivity index (χ4n) is 2.91. The van der Waals surface area contributed by atoms with Crippen LogP contribution in [0.2, 0.25) is 0 Å². The van der Waals surface area contributed by atoms with Crippen molar-refractivity contribution in [1.82, 2.24) is 9.97 Å². The molecule has 0 aliphatic rings. The van der Waals surface area contributed by atoms with Crippen molar-refractivity contribution < 1.29 is 9.47 Å². The van der Waals surface area contributed by atoms with Gasteiger partial charge in [0.1, 0.15) is 18.5 Å². The van der Waals surface area contributed by atoms with Gasteiger partial charge in [-0.15, -0.1) is 6.42 Å². The number of rotatable bonds is 6. The lowest BCUT2D eigenvalue weighted by atomic mass is 10.1. The zero-order valence-electron chi connectivity index (χ0n) is 16.5. The Morgan fingerprint density at radius 1 is 1.24 bits per heavy atom. The number of aromatic amines is 1. The molecule has 5 nitrogen and oxygen atoms in total. The third-order valence-corrected chi connectivity index (χ3v) is 5.00. The molecule has 0 saturated heterocycles. The number of fused-ring (bicyclic) bond motifs is 1. The minimum absolute atomic E-state index is 0.134. The van der Waals surface area contributed by atoms with E-state index in [1.165, 1.54) is 5.56 Å². The molecule has 1 heterocycles. The first-order valence-corrected chi connectivity index (χ1v) is 9.87. The van der Waals surface area contributed by atoms with Crippen LogP contribution in [0.4, 0.5) is 0 Å². The Labute approximate surface area is 178 Å². The van der Waals surface area contributed by atoms with Crippen molar-refractivity contribution in [3.63, 3.8) is 0 Å². The molecule has 2 aromatic carbocycles. The molecule has 0 spiro atoms. The number of nitriles is 1. The first-order chi connectivity index (χ1) is 14.0. The van der Waals surface area contributed by atoms with E-state index in [4.69, 9.17) is 15.9 Å². The molecule has 1 N–H and O–H groups in total. The molecule has 0 aliphatic heterocycles. The number of H-pyrrole nitrogens is 1. The number of nitrogens with one attached hydrogen (secondary N) is 1. The number of imidazole rings is 1. The monoisotopic (exact) mass is 449 g/mol. The summed E-state index contributed by atoms with van der Waals surface area (Å²) in [6.07, 6.45) is 7.05. The summed E-state index contributed by atoms with van der Waals surface area (Å²) >= 11 is 3.50. The molecular formula is C23H20BrN3O2. The molecule has 29 heavy (non-hydrogen) atoms. The van der Waals surface area contributed by atoms with E-state index in [2.05, 4.69) is 37.9 Å². The number of benzene rings is 2. The van der Waals surface area contributed by atoms with E-state index in [1.54, 1.807) is 6.08 Å². The first kappa shape index (κ1) is 20.5. The normalized spacial score (nSPS) is 11.2. The fraction of sp³-hybridized carbons (Fsp3) is 0.217. The number of allylic oxidation sites excluding steroid dienone is 1. The predicted octanol–water partition coefficient (Wildman–Crippen LogP) is 5.42. The molecule has 0 fully saturated rings. The molecule has 0 atom stereocenters. The van der Waals surface area contributed by atoms with Crippen molar-refractivity contribution in [3.05, 3.63) is 51.3 Å². The maximum Gasteiger partial charge on any atom is 0.176 e. The lowest BCUT2D eigenvalue weighted by Gasteiger charge is -2.13. The van der Waals surface area contributed by atoms with Gasteiger partial charge >= 0.3 is 0 Å². The number of aryl methyl sites for hydroxylation is 2. The predicted molar refractivity (Wildman–Crippen MR) is 119 cm³/mol. The highest BCUT2D eigenvalue weighted by Crippen LogP contribution is 2.38. The summed E-state index contributed by atoms with van der Waals surface area (Å²) in [7, 11) is 0. The maximum atomic E-state index is 9.72. The molecule has 0 unspecified atom stereocenters. The number of ether oxygens (including phenoxy) is 2. The number of hydrogen-bond donors (Lipinski definition) is 1. The van der Waals surface area contributed by atoms with Gasteiger partial charge in [-0.05, 0) is 83.7 Å². The Morgan fingerprint density at radius 3 is 2.69 bits per heavy atom. The molecule has 0 radical (unpaired) electrons. The van der Waals surface area contributed by atoms with Gasteiger partial charge in [0.25, 0.3) is 0 Å². The number of nitrogens with zero attached hydrogens (tertiary/aromatic N) is 2. The smallest absolute Gasteiger partial charge is 0.176 e. The first-order valence-electron chi connectivity index (χ1n) is 9.08. The summed E-state index contributed by atoms with van der Waals surface area (Å²) in [6, 6.07) is 9.95. The van der Waals surface area contributed by atoms with Crippen LogP contribution in [-0.4, -0.2) is 23.2 Å². The van der Waals surface area contributed by atoms with Crippen LogP contribution in [0.5, 0.6) is 11.5 Å². The molecule has 3 aromatic rings. The van der Waals surface area contributed by atoms with Crippen LogP contribution in [0.15, 0.2) is 28.7 Å². The Hall–Kier alpha value is -3.22. The van der Waals surface area contributed by atoms with Gasteiger partial charge in [-0.3, -0.25) is 0 Å². The van der Waals surface area contributed by atoms with E-state index in [9.17, 15) is 5.26 Å². The van der Waals surface area contributed by atoms with Gasteiger partial charge in [0.05, 0.1) is 27.7 Å². The molecule has 6 heteroatoms. The lowest BCUT2D eigenvalue weighted by molar-refractivity contribution is 0.298. The molecule has 1 aromatic heterocycles. The molecule has 0 saturated carbocycles. The number of terminal acetylenes is 1. The number of hydrogen-bond acceptors (Lipinski definition) is 4. The molecule has 0 bridgehead atoms. The van der Waals surface area contributed by atoms with E-state index >= 15 is 0 Å². The van der Waals surface area contributed by atoms with E-state index in [1.807, 2.05) is 45.0 Å². The summed E-state index contributed by atoms with van der Waals surface area (Å²) in [6.45, 7) is 6.59. The quantitative estimate of drug-likeness (QED) is 0.402. The topological polar surface area (TPSA) is 70.9 Å². The zero-order valence-corrected chi connectivity index (χ0v) is 18.1. The minimum Gasteiger partial charge on any atom is -0.490 e. The third-order valence-electron chi connectivity index (χ3n) is 4.42. The molecule has 0 aliphatic carbocycles. The molecule has 0 amide bonds. The summed E-state index contributed by atoms with van der Waals surface area (Å²) < 4.78 is 12.0. The second-order valence-electron chi connectivity index (χ2n) is 6.46. The van der Waals surface area contributed by atoms with Gasteiger partial charge in [-0.2, -0.15) is 5.26 Å². The van der Waals surface area contributed by atoms with Crippen LogP contribution in [0.3, 0.4) is 0 Å². The highest BCUT2D eigenvalue weighted by molar-refractivity contribution is 9.10. The Balaban J connectivity index is 2.05. The SMILES string of the molecule is C#CCOc1c(Br)cc(C=C(C#N)c2nc3cc(C)c(C)cc3[nH]2)cc1OCC. The fourth-order valence-corrected chi connectivity index (χ4v) is 3.48. The van der Waals surface area contributed by atoms with E-state index < -0.39 is 0 Å². The van der Waals surface area contributed by atoms with Crippen molar-refractivity contribution in [2.45, 2.75) is 20.8 Å². The van der Waals surface area contributed by atoms with Crippen LogP contribution in [-0.2, 0) is 0 Å². The Bertz CT molecular complexity index is 1140. The Morgan fingerprint density at radius 2 is 2.00 bits per heavy atom. The summed E-state index contributed by atoms with van der Waals surface area (Å²) in [5, 5.41) is 9.72. The Kier molecular flexibility index (Phi) is 6.26. The standard InChI is InChI=1S/C23H20BrN3O2/c1-5-7-29-22-18(24)11-16(12-21(22)28-6-2)10-17(13-25)23-26-19-8-14(3)15(4)9-20(19)27-23/h1,8-12H,6-7H2,2-4H3,(H,26,27). The summed E-state index contributed by atoms with van der Waals surface area (Å²) in [5.41, 5.74) is 5.26. The van der Waals surface area contributed by atoms with Gasteiger partial charge in [0.2, 0.25) is 0 Å². The van der Waals surface area contributed by atoms with Gasteiger partial charge in [-0.1, -0.05) is 5.92 Å². The van der Waals surface area contributed by atoms with Crippen molar-refractivity contribution >= 4 is 38.6 Å². The van der Waals surface area contributed by atoms with Gasteiger partial charge in [0, 0.05) is 0 Å². The maximum absolute atomic E-state index is 9.72. The van der Waals surface area contributed by atoms with Crippen molar-refractivity contribution in [2.24, 2.45) is 0 Å². The van der Waals surface area contributed by atoms with E-state index in [-0.39, 0.29) is 6.61 Å². The average molecular weight is 450 g/mol. The third kappa shape index (κ3) is 4.45. The van der Waals surface area contributed by atoms with Crippen LogP contribution in [0.25, 0.3) is 22.7 Å². The van der Waals surface area contributed by atoms with Gasteiger partial charge in [-0.25, -0.2) is 4.98 Å². The van der Waals surface area contributed by atoms with Gasteiger partial charge in [0.15, 0.2) is 11.5 Å². The van der Waals surface area contributed by atoms with Crippen molar-refractivity contribution in [1.29, 1.82) is 5.26 Å². The largest absolute Gasteiger partial charge is 0.490 e. The minimum atomic E-state index is 0.134. The lowest BCUT2D eigenvalue weighted by Crippen LogP contribution is -2.00. The zero-order chi connectivity index (χ0) is 21.0. The van der Waals surface area contributed by atoms with Crippen LogP contribution < -0.4 is 9.47 Å². The molecule has 146 valence electrons. The number of aromatic nitrogens is 2. The summed E-state index contributed by atoms with van der Waals surface area (Å²) in [4.78, 5) is 7.82. The molecule has 3 rings (SSSR count). The second kappa shape index (κ2) is 8.86. The van der Waals surface area contributed by atoms with Crippen molar-refractivity contribution in [2.75, 3.05) is 13.2 Å². The second-order valence-corrected chi connectivity index (χ2v) is 7.32. The van der Waals surface area contributed by atoms with Crippen LogP contribution in [0, 0.1) is 37.5 Å². The van der Waals surface area contributed by atoms with Crippen molar-refractivity contribution in [3.8, 4) is 29.9 Å². The van der Waals surface area contributed by atoms with Crippen LogP contribution >= 0.6 is 15.9 Å². The van der Waals surface area contributed by atoms with E-state index in [0.29, 0.717) is 34.0 Å². The van der Waals surface area contributed by atoms with Gasteiger partial charge < -0.3 is 14.5 Å². The average Bonchev–Trinajstić information content (AvgIpc) is 3.08. The van der Waals surface area contributed by atoms with Crippen LogP contribution in [0.1, 0.15) is 29.4 Å².